The normalized spacial score (nSPS) is 18.9. The van der Waals surface area contributed by atoms with Gasteiger partial charge in [-0.2, -0.15) is 0 Å². The predicted molar refractivity (Wildman–Crippen MR) is 71.2 cm³/mol. The highest BCUT2D eigenvalue weighted by molar-refractivity contribution is 7.99. The summed E-state index contributed by atoms with van der Waals surface area (Å²) in [6, 6.07) is 1.82. The van der Waals surface area contributed by atoms with E-state index in [-0.39, 0.29) is 0 Å². The minimum atomic E-state index is -0.807. The molecule has 0 aliphatic carbocycles. The molecule has 0 radical (unpaired) electrons. The van der Waals surface area contributed by atoms with Crippen molar-refractivity contribution >= 4 is 17.7 Å². The Kier molecular flexibility index (Phi) is 3.48. The van der Waals surface area contributed by atoms with Gasteiger partial charge in [-0.1, -0.05) is 6.92 Å². The van der Waals surface area contributed by atoms with E-state index in [2.05, 4.69) is 6.92 Å². The zero-order valence-corrected chi connectivity index (χ0v) is 11.4. The first kappa shape index (κ1) is 12.5. The van der Waals surface area contributed by atoms with Crippen molar-refractivity contribution in [1.29, 1.82) is 0 Å². The molecule has 1 aliphatic rings. The van der Waals surface area contributed by atoms with E-state index in [1.807, 2.05) is 31.7 Å². The summed E-state index contributed by atoms with van der Waals surface area (Å²) in [5, 5.41) is 9.24. The molecule has 1 aromatic carbocycles. The third-order valence-electron chi connectivity index (χ3n) is 3.62. The first-order valence-electron chi connectivity index (χ1n) is 6.06. The second-order valence-electron chi connectivity index (χ2n) is 4.66. The van der Waals surface area contributed by atoms with Crippen LogP contribution in [-0.4, -0.2) is 16.8 Å². The van der Waals surface area contributed by atoms with E-state index in [0.717, 1.165) is 29.7 Å². The SMILES string of the molecule is CCC1CCSc2c(C)cc(C(=O)O)c(C)c21. The van der Waals surface area contributed by atoms with Gasteiger partial charge in [0.1, 0.15) is 0 Å². The van der Waals surface area contributed by atoms with Crippen molar-refractivity contribution in [3.8, 4) is 0 Å². The van der Waals surface area contributed by atoms with E-state index in [1.165, 1.54) is 10.5 Å². The molecule has 2 rings (SSSR count). The topological polar surface area (TPSA) is 37.3 Å². The number of rotatable bonds is 2. The molecule has 0 bridgehead atoms. The van der Waals surface area contributed by atoms with E-state index in [0.29, 0.717) is 11.5 Å². The summed E-state index contributed by atoms with van der Waals surface area (Å²) in [4.78, 5) is 12.6. The van der Waals surface area contributed by atoms with Gasteiger partial charge in [0.2, 0.25) is 0 Å². The van der Waals surface area contributed by atoms with Crippen LogP contribution in [0.3, 0.4) is 0 Å². The molecular weight excluding hydrogens is 232 g/mol. The zero-order valence-electron chi connectivity index (χ0n) is 10.5. The monoisotopic (exact) mass is 250 g/mol. The maximum absolute atomic E-state index is 11.2. The number of benzene rings is 1. The second kappa shape index (κ2) is 4.73. The van der Waals surface area contributed by atoms with Crippen molar-refractivity contribution in [2.24, 2.45) is 0 Å². The zero-order chi connectivity index (χ0) is 12.6. The van der Waals surface area contributed by atoms with Gasteiger partial charge in [0.05, 0.1) is 5.56 Å². The molecule has 0 aromatic heterocycles. The van der Waals surface area contributed by atoms with E-state index in [9.17, 15) is 9.90 Å². The third-order valence-corrected chi connectivity index (χ3v) is 4.89. The van der Waals surface area contributed by atoms with Crippen molar-refractivity contribution in [2.45, 2.75) is 44.4 Å². The van der Waals surface area contributed by atoms with Crippen LogP contribution in [0.15, 0.2) is 11.0 Å². The van der Waals surface area contributed by atoms with Crippen LogP contribution in [0, 0.1) is 13.8 Å². The minimum Gasteiger partial charge on any atom is -0.478 e. The summed E-state index contributed by atoms with van der Waals surface area (Å²) in [7, 11) is 0. The molecule has 1 atom stereocenters. The number of aromatic carboxylic acids is 1. The highest BCUT2D eigenvalue weighted by Gasteiger charge is 2.25. The summed E-state index contributed by atoms with van der Waals surface area (Å²) in [6.07, 6.45) is 2.26. The molecule has 0 fully saturated rings. The van der Waals surface area contributed by atoms with Gasteiger partial charge in [-0.05, 0) is 61.1 Å². The van der Waals surface area contributed by atoms with Gasteiger partial charge in [-0.25, -0.2) is 4.79 Å². The molecule has 2 nitrogen and oxygen atoms in total. The summed E-state index contributed by atoms with van der Waals surface area (Å²) in [5.74, 6) is 0.876. The lowest BCUT2D eigenvalue weighted by Crippen LogP contribution is -2.13. The fourth-order valence-corrected chi connectivity index (χ4v) is 4.05. The molecule has 0 spiro atoms. The Bertz CT molecular complexity index is 466. The van der Waals surface area contributed by atoms with Crippen LogP contribution in [0.1, 0.15) is 52.7 Å². The molecule has 0 saturated heterocycles. The largest absolute Gasteiger partial charge is 0.478 e. The molecule has 1 aromatic rings. The molecule has 1 N–H and O–H groups in total. The number of carboxylic acids is 1. The molecule has 0 saturated carbocycles. The molecular formula is C14H18O2S. The van der Waals surface area contributed by atoms with Crippen LogP contribution in [0.2, 0.25) is 0 Å². The Hall–Kier alpha value is -0.960. The first-order chi connectivity index (χ1) is 8.06. The van der Waals surface area contributed by atoms with Gasteiger partial charge >= 0.3 is 5.97 Å². The maximum atomic E-state index is 11.2. The minimum absolute atomic E-state index is 0.474. The van der Waals surface area contributed by atoms with Gasteiger partial charge in [-0.3, -0.25) is 0 Å². The van der Waals surface area contributed by atoms with Crippen molar-refractivity contribution in [3.05, 3.63) is 28.3 Å². The number of fused-ring (bicyclic) bond motifs is 1. The third kappa shape index (κ3) is 2.08. The molecule has 3 heteroatoms. The van der Waals surface area contributed by atoms with Crippen molar-refractivity contribution in [3.63, 3.8) is 0 Å². The number of hydrogen-bond donors (Lipinski definition) is 1. The van der Waals surface area contributed by atoms with Crippen LogP contribution in [0.4, 0.5) is 0 Å². The number of hydrogen-bond acceptors (Lipinski definition) is 2. The lowest BCUT2D eigenvalue weighted by Gasteiger charge is -2.28. The van der Waals surface area contributed by atoms with Crippen LogP contribution in [0.25, 0.3) is 0 Å². The average Bonchev–Trinajstić information content (AvgIpc) is 2.32. The first-order valence-corrected chi connectivity index (χ1v) is 7.05. The fourth-order valence-electron chi connectivity index (χ4n) is 2.68. The number of carboxylic acid groups (broad SMARTS) is 1. The Morgan fingerprint density at radius 2 is 2.24 bits per heavy atom. The van der Waals surface area contributed by atoms with Crippen LogP contribution in [-0.2, 0) is 0 Å². The highest BCUT2D eigenvalue weighted by Crippen LogP contribution is 2.43. The quantitative estimate of drug-likeness (QED) is 0.862. The smallest absolute Gasteiger partial charge is 0.335 e. The van der Waals surface area contributed by atoms with Crippen molar-refractivity contribution in [2.75, 3.05) is 5.75 Å². The second-order valence-corrected chi connectivity index (χ2v) is 5.76. The Morgan fingerprint density at radius 3 is 2.82 bits per heavy atom. The predicted octanol–water partition coefficient (Wildman–Crippen LogP) is 3.99. The lowest BCUT2D eigenvalue weighted by atomic mass is 9.86. The van der Waals surface area contributed by atoms with Crippen molar-refractivity contribution < 1.29 is 9.90 Å². The molecule has 1 aliphatic heterocycles. The molecule has 0 amide bonds. The van der Waals surface area contributed by atoms with Crippen molar-refractivity contribution in [1.82, 2.24) is 0 Å². The van der Waals surface area contributed by atoms with E-state index in [1.54, 1.807) is 0 Å². The molecule has 17 heavy (non-hydrogen) atoms. The molecule has 92 valence electrons. The van der Waals surface area contributed by atoms with Gasteiger partial charge in [0, 0.05) is 4.90 Å². The van der Waals surface area contributed by atoms with Crippen LogP contribution >= 0.6 is 11.8 Å². The van der Waals surface area contributed by atoms with Crippen LogP contribution in [0.5, 0.6) is 0 Å². The van der Waals surface area contributed by atoms with Gasteiger partial charge in [0.15, 0.2) is 0 Å². The van der Waals surface area contributed by atoms with Gasteiger partial charge in [0.25, 0.3) is 0 Å². The summed E-state index contributed by atoms with van der Waals surface area (Å²) >= 11 is 1.88. The number of thioether (sulfide) groups is 1. The summed E-state index contributed by atoms with van der Waals surface area (Å²) < 4.78 is 0. The Morgan fingerprint density at radius 1 is 1.53 bits per heavy atom. The maximum Gasteiger partial charge on any atom is 0.335 e. The van der Waals surface area contributed by atoms with Gasteiger partial charge < -0.3 is 5.11 Å². The number of carbonyl (C=O) groups is 1. The number of aryl methyl sites for hydroxylation is 1. The van der Waals surface area contributed by atoms with E-state index in [4.69, 9.17) is 0 Å². The Balaban J connectivity index is 2.67. The highest BCUT2D eigenvalue weighted by atomic mass is 32.2. The van der Waals surface area contributed by atoms with Crippen LogP contribution < -0.4 is 0 Å². The van der Waals surface area contributed by atoms with E-state index >= 15 is 0 Å². The Labute approximate surface area is 106 Å². The van der Waals surface area contributed by atoms with Gasteiger partial charge in [-0.15, -0.1) is 11.8 Å². The fraction of sp³-hybridized carbons (Fsp3) is 0.500. The standard InChI is InChI=1S/C14H18O2S/c1-4-10-5-6-17-13-8(2)7-11(14(15)16)9(3)12(10)13/h7,10H,4-6H2,1-3H3,(H,15,16). The average molecular weight is 250 g/mol. The molecule has 1 heterocycles. The lowest BCUT2D eigenvalue weighted by molar-refractivity contribution is 0.0695. The van der Waals surface area contributed by atoms with E-state index < -0.39 is 5.97 Å². The summed E-state index contributed by atoms with van der Waals surface area (Å²) in [5.41, 5.74) is 3.85. The molecule has 1 unspecified atom stereocenters. The summed E-state index contributed by atoms with van der Waals surface area (Å²) in [6.45, 7) is 6.17.